The lowest BCUT2D eigenvalue weighted by Gasteiger charge is -2.29. The molecule has 0 atom stereocenters. The maximum absolute atomic E-state index is 11.9. The van der Waals surface area contributed by atoms with Crippen LogP contribution in [0.2, 0.25) is 0 Å². The fraction of sp³-hybridized carbons (Fsp3) is 0.750. The van der Waals surface area contributed by atoms with Gasteiger partial charge in [-0.1, -0.05) is 13.3 Å². The summed E-state index contributed by atoms with van der Waals surface area (Å²) in [6, 6.07) is 0.0518. The van der Waals surface area contributed by atoms with E-state index in [1.54, 1.807) is 7.11 Å². The maximum atomic E-state index is 11.9. The monoisotopic (exact) mass is 313 g/mol. The van der Waals surface area contributed by atoms with Crippen LogP contribution in [-0.4, -0.2) is 42.9 Å². The van der Waals surface area contributed by atoms with E-state index in [1.807, 2.05) is 6.92 Å². The molecule has 0 aromatic heterocycles. The topological polar surface area (TPSA) is 84.9 Å². The third-order valence-corrected chi connectivity index (χ3v) is 3.98. The number of carboxylic acid groups (broad SMARTS) is 1. The number of hydrogen-bond acceptors (Lipinski definition) is 5. The van der Waals surface area contributed by atoms with Crippen molar-refractivity contribution in [3.8, 4) is 0 Å². The third kappa shape index (κ3) is 5.67. The number of unbranched alkanes of at least 4 members (excludes halogenated alkanes) is 1. The van der Waals surface area contributed by atoms with Crippen LogP contribution in [0.4, 0.5) is 0 Å². The highest BCUT2D eigenvalue weighted by molar-refractivity contribution is 5.98. The Hall–Kier alpha value is -1.56. The molecule has 1 aliphatic carbocycles. The van der Waals surface area contributed by atoms with Crippen molar-refractivity contribution in [3.05, 3.63) is 11.3 Å². The van der Waals surface area contributed by atoms with Crippen LogP contribution in [0.15, 0.2) is 11.3 Å². The summed E-state index contributed by atoms with van der Waals surface area (Å²) in [5.41, 5.74) is 0.0693. The molecule has 0 amide bonds. The molecule has 0 aliphatic heterocycles. The van der Waals surface area contributed by atoms with Gasteiger partial charge in [0, 0.05) is 13.2 Å². The van der Waals surface area contributed by atoms with Crippen molar-refractivity contribution < 1.29 is 24.2 Å². The molecule has 0 unspecified atom stereocenters. The first-order valence-electron chi connectivity index (χ1n) is 7.90. The fourth-order valence-electron chi connectivity index (χ4n) is 2.50. The number of esters is 1. The Morgan fingerprint density at radius 3 is 2.36 bits per heavy atom. The van der Waals surface area contributed by atoms with Gasteiger partial charge in [-0.05, 0) is 39.0 Å². The van der Waals surface area contributed by atoms with E-state index in [9.17, 15) is 14.7 Å². The van der Waals surface area contributed by atoms with Crippen LogP contribution < -0.4 is 5.32 Å². The SMILES string of the molecule is CCCCOC(=O)C(C)=C(NC1CCC(OC)CC1)C(=O)O. The summed E-state index contributed by atoms with van der Waals surface area (Å²) in [5.74, 6) is -1.69. The lowest BCUT2D eigenvalue weighted by molar-refractivity contribution is -0.140. The van der Waals surface area contributed by atoms with Crippen molar-refractivity contribution >= 4 is 11.9 Å². The van der Waals surface area contributed by atoms with Crippen LogP contribution in [-0.2, 0) is 19.1 Å². The van der Waals surface area contributed by atoms with Gasteiger partial charge in [-0.3, -0.25) is 0 Å². The van der Waals surface area contributed by atoms with E-state index in [2.05, 4.69) is 5.32 Å². The molecule has 0 bridgehead atoms. The van der Waals surface area contributed by atoms with Crippen molar-refractivity contribution in [1.82, 2.24) is 5.32 Å². The van der Waals surface area contributed by atoms with Gasteiger partial charge in [0.25, 0.3) is 0 Å². The number of nitrogens with one attached hydrogen (secondary N) is 1. The lowest BCUT2D eigenvalue weighted by atomic mass is 9.92. The molecule has 22 heavy (non-hydrogen) atoms. The molecular formula is C16H27NO5. The van der Waals surface area contributed by atoms with E-state index in [0.29, 0.717) is 6.61 Å². The highest BCUT2D eigenvalue weighted by Gasteiger charge is 2.25. The van der Waals surface area contributed by atoms with Crippen molar-refractivity contribution in [2.45, 2.75) is 64.5 Å². The number of carbonyl (C=O) groups is 2. The summed E-state index contributed by atoms with van der Waals surface area (Å²) >= 11 is 0. The standard InChI is InChI=1S/C16H27NO5/c1-4-5-10-22-16(20)11(2)14(15(18)19)17-12-6-8-13(21-3)9-7-12/h12-13,17H,4-10H2,1-3H3,(H,18,19). The zero-order valence-electron chi connectivity index (χ0n) is 13.7. The maximum Gasteiger partial charge on any atom is 0.352 e. The number of ether oxygens (including phenoxy) is 2. The third-order valence-electron chi connectivity index (χ3n) is 3.98. The normalized spacial score (nSPS) is 22.7. The predicted octanol–water partition coefficient (Wildman–Crippen LogP) is 2.24. The molecule has 1 saturated carbocycles. The first kappa shape index (κ1) is 18.5. The molecule has 2 N–H and O–H groups in total. The zero-order valence-corrected chi connectivity index (χ0v) is 13.7. The average Bonchev–Trinajstić information content (AvgIpc) is 2.52. The molecule has 126 valence electrons. The molecule has 1 fully saturated rings. The number of methoxy groups -OCH3 is 1. The first-order chi connectivity index (χ1) is 10.5. The second kappa shape index (κ2) is 9.46. The number of carboxylic acids is 1. The Morgan fingerprint density at radius 2 is 1.86 bits per heavy atom. The Balaban J connectivity index is 2.65. The van der Waals surface area contributed by atoms with Crippen LogP contribution in [0, 0.1) is 0 Å². The summed E-state index contributed by atoms with van der Waals surface area (Å²) in [7, 11) is 1.69. The Kier molecular flexibility index (Phi) is 7.95. The molecule has 6 nitrogen and oxygen atoms in total. The van der Waals surface area contributed by atoms with E-state index < -0.39 is 11.9 Å². The average molecular weight is 313 g/mol. The van der Waals surface area contributed by atoms with Crippen molar-refractivity contribution in [2.75, 3.05) is 13.7 Å². The van der Waals surface area contributed by atoms with Crippen LogP contribution >= 0.6 is 0 Å². The van der Waals surface area contributed by atoms with E-state index in [1.165, 1.54) is 6.92 Å². The minimum Gasteiger partial charge on any atom is -0.477 e. The van der Waals surface area contributed by atoms with Gasteiger partial charge in [-0.2, -0.15) is 0 Å². The molecular weight excluding hydrogens is 286 g/mol. The number of carbonyl (C=O) groups excluding carboxylic acids is 1. The van der Waals surface area contributed by atoms with Gasteiger partial charge in [-0.15, -0.1) is 0 Å². The number of rotatable bonds is 8. The molecule has 1 rings (SSSR count). The smallest absolute Gasteiger partial charge is 0.352 e. The number of aliphatic carboxylic acids is 1. The quantitative estimate of drug-likeness (QED) is 0.406. The Bertz CT molecular complexity index is 411. The summed E-state index contributed by atoms with van der Waals surface area (Å²) < 4.78 is 10.4. The van der Waals surface area contributed by atoms with Gasteiger partial charge in [-0.25, -0.2) is 9.59 Å². The zero-order chi connectivity index (χ0) is 16.5. The highest BCUT2D eigenvalue weighted by Crippen LogP contribution is 2.22. The van der Waals surface area contributed by atoms with Crippen molar-refractivity contribution in [3.63, 3.8) is 0 Å². The van der Waals surface area contributed by atoms with Crippen LogP contribution in [0.25, 0.3) is 0 Å². The van der Waals surface area contributed by atoms with Crippen molar-refractivity contribution in [2.24, 2.45) is 0 Å². The van der Waals surface area contributed by atoms with E-state index >= 15 is 0 Å². The lowest BCUT2D eigenvalue weighted by Crippen LogP contribution is -2.37. The minimum absolute atomic E-state index is 0.0518. The van der Waals surface area contributed by atoms with E-state index in [-0.39, 0.29) is 23.4 Å². The predicted molar refractivity (Wildman–Crippen MR) is 82.4 cm³/mol. The summed E-state index contributed by atoms with van der Waals surface area (Å²) in [5, 5.41) is 12.3. The Morgan fingerprint density at radius 1 is 1.23 bits per heavy atom. The van der Waals surface area contributed by atoms with Gasteiger partial charge in [0.2, 0.25) is 0 Å². The Labute approximate surface area is 131 Å². The molecule has 0 aromatic carbocycles. The van der Waals surface area contributed by atoms with Crippen LogP contribution in [0.5, 0.6) is 0 Å². The van der Waals surface area contributed by atoms with Gasteiger partial charge < -0.3 is 19.9 Å². The molecule has 0 saturated heterocycles. The highest BCUT2D eigenvalue weighted by atomic mass is 16.5. The first-order valence-corrected chi connectivity index (χ1v) is 7.90. The van der Waals surface area contributed by atoms with E-state index in [0.717, 1.165) is 38.5 Å². The fourth-order valence-corrected chi connectivity index (χ4v) is 2.50. The molecule has 0 heterocycles. The number of hydrogen-bond donors (Lipinski definition) is 2. The van der Waals surface area contributed by atoms with E-state index in [4.69, 9.17) is 9.47 Å². The minimum atomic E-state index is -1.13. The molecule has 0 aromatic rings. The molecule has 0 radical (unpaired) electrons. The van der Waals surface area contributed by atoms with Gasteiger partial charge in [0.05, 0.1) is 18.3 Å². The molecule has 1 aliphatic rings. The summed E-state index contributed by atoms with van der Waals surface area (Å²) in [6.45, 7) is 3.81. The van der Waals surface area contributed by atoms with Gasteiger partial charge >= 0.3 is 11.9 Å². The van der Waals surface area contributed by atoms with Gasteiger partial charge in [0.1, 0.15) is 5.70 Å². The van der Waals surface area contributed by atoms with Crippen LogP contribution in [0.3, 0.4) is 0 Å². The second-order valence-corrected chi connectivity index (χ2v) is 5.65. The summed E-state index contributed by atoms with van der Waals surface area (Å²) in [6.07, 6.45) is 5.37. The largest absolute Gasteiger partial charge is 0.477 e. The van der Waals surface area contributed by atoms with Crippen LogP contribution in [0.1, 0.15) is 52.4 Å². The molecule has 0 spiro atoms. The summed E-state index contributed by atoms with van der Waals surface area (Å²) in [4.78, 5) is 23.3. The van der Waals surface area contributed by atoms with Crippen molar-refractivity contribution in [1.29, 1.82) is 0 Å². The molecule has 6 heteroatoms. The van der Waals surface area contributed by atoms with Gasteiger partial charge in [0.15, 0.2) is 0 Å². The second-order valence-electron chi connectivity index (χ2n) is 5.65.